The van der Waals surface area contributed by atoms with Crippen molar-refractivity contribution in [3.63, 3.8) is 0 Å². The number of benzene rings is 1. The second kappa shape index (κ2) is 4.65. The van der Waals surface area contributed by atoms with Crippen molar-refractivity contribution >= 4 is 38.5 Å². The van der Waals surface area contributed by atoms with Gasteiger partial charge in [-0.2, -0.15) is 0 Å². The summed E-state index contributed by atoms with van der Waals surface area (Å²) >= 11 is 5.37. The first-order chi connectivity index (χ1) is 7.87. The average molecular weight is 313 g/mol. The summed E-state index contributed by atoms with van der Waals surface area (Å²) in [5, 5.41) is 4.42. The van der Waals surface area contributed by atoms with Crippen LogP contribution >= 0.6 is 27.7 Å². The Morgan fingerprint density at radius 2 is 1.88 bits per heavy atom. The van der Waals surface area contributed by atoms with Crippen molar-refractivity contribution in [2.45, 2.75) is 33.2 Å². The second-order valence-electron chi connectivity index (χ2n) is 5.07. The lowest BCUT2D eigenvalue weighted by Crippen LogP contribution is -2.15. The van der Waals surface area contributed by atoms with Crippen LogP contribution < -0.4 is 5.32 Å². The summed E-state index contributed by atoms with van der Waals surface area (Å²) in [4.78, 5) is 4.65. The summed E-state index contributed by atoms with van der Waals surface area (Å²) in [6.07, 6.45) is 0. The Bertz CT molecular complexity index is 457. The van der Waals surface area contributed by atoms with E-state index in [4.69, 9.17) is 0 Å². The zero-order valence-electron chi connectivity index (χ0n) is 10.6. The Morgan fingerprint density at radius 3 is 2.35 bits per heavy atom. The van der Waals surface area contributed by atoms with Crippen molar-refractivity contribution in [1.82, 2.24) is 0 Å². The van der Waals surface area contributed by atoms with Gasteiger partial charge in [0, 0.05) is 15.9 Å². The van der Waals surface area contributed by atoms with Crippen LogP contribution in [0, 0.1) is 13.8 Å². The van der Waals surface area contributed by atoms with E-state index < -0.39 is 0 Å². The molecule has 1 aliphatic heterocycles. The van der Waals surface area contributed by atoms with Crippen molar-refractivity contribution in [3.8, 4) is 0 Å². The maximum Gasteiger partial charge on any atom is 0.161 e. The quantitative estimate of drug-likeness (QED) is 0.833. The predicted molar refractivity (Wildman–Crippen MR) is 81.2 cm³/mol. The lowest BCUT2D eigenvalue weighted by atomic mass is 10.1. The highest BCUT2D eigenvalue weighted by molar-refractivity contribution is 9.10. The zero-order valence-corrected chi connectivity index (χ0v) is 13.0. The first-order valence-electron chi connectivity index (χ1n) is 5.64. The molecule has 1 N–H and O–H groups in total. The predicted octanol–water partition coefficient (Wildman–Crippen LogP) is 4.36. The molecular weight excluding hydrogens is 296 g/mol. The molecule has 0 aromatic heterocycles. The molecule has 1 aliphatic rings. The van der Waals surface area contributed by atoms with E-state index in [1.807, 2.05) is 0 Å². The monoisotopic (exact) mass is 312 g/mol. The van der Waals surface area contributed by atoms with Crippen LogP contribution in [0.1, 0.15) is 25.0 Å². The minimum atomic E-state index is 0.0620. The molecule has 2 rings (SSSR count). The van der Waals surface area contributed by atoms with E-state index in [2.05, 4.69) is 66.1 Å². The summed E-state index contributed by atoms with van der Waals surface area (Å²) < 4.78 is 1.18. The number of rotatable bonds is 1. The molecule has 2 nitrogen and oxygen atoms in total. The molecule has 0 atom stereocenters. The first kappa shape index (κ1) is 13.0. The molecule has 0 saturated heterocycles. The fourth-order valence-corrected chi connectivity index (χ4v) is 3.08. The summed E-state index contributed by atoms with van der Waals surface area (Å²) in [6, 6.07) is 4.29. The summed E-state index contributed by atoms with van der Waals surface area (Å²) in [5.74, 6) is 1.05. The highest BCUT2D eigenvalue weighted by atomic mass is 79.9. The van der Waals surface area contributed by atoms with Gasteiger partial charge in [0.2, 0.25) is 0 Å². The number of hydrogen-bond donors (Lipinski definition) is 1. The van der Waals surface area contributed by atoms with Crippen LogP contribution in [0.2, 0.25) is 0 Å². The third-order valence-electron chi connectivity index (χ3n) is 2.65. The maximum atomic E-state index is 4.65. The standard InChI is InChI=1S/C13H17BrN2S/c1-8-5-10(6-9(2)11(8)14)15-12-16-13(3,4)7-17-12/h5-6H,7H2,1-4H3,(H,15,16). The molecule has 0 saturated carbocycles. The first-order valence-corrected chi connectivity index (χ1v) is 7.42. The Kier molecular flexibility index (Phi) is 3.55. The molecule has 4 heteroatoms. The van der Waals surface area contributed by atoms with E-state index in [0.717, 1.165) is 16.6 Å². The number of anilines is 1. The van der Waals surface area contributed by atoms with Crippen molar-refractivity contribution in [2.24, 2.45) is 4.99 Å². The minimum Gasteiger partial charge on any atom is -0.335 e. The Morgan fingerprint density at radius 1 is 1.29 bits per heavy atom. The molecule has 0 fully saturated rings. The van der Waals surface area contributed by atoms with Gasteiger partial charge >= 0.3 is 0 Å². The highest BCUT2D eigenvalue weighted by Gasteiger charge is 2.25. The maximum absolute atomic E-state index is 4.65. The van der Waals surface area contributed by atoms with Gasteiger partial charge in [-0.3, -0.25) is 4.99 Å². The van der Waals surface area contributed by atoms with Crippen LogP contribution in [0.15, 0.2) is 21.6 Å². The Hall–Kier alpha value is -0.480. The van der Waals surface area contributed by atoms with Crippen LogP contribution in [-0.2, 0) is 0 Å². The highest BCUT2D eigenvalue weighted by Crippen LogP contribution is 2.30. The molecule has 92 valence electrons. The van der Waals surface area contributed by atoms with Crippen LogP contribution in [0.3, 0.4) is 0 Å². The molecule has 1 aromatic rings. The summed E-state index contributed by atoms with van der Waals surface area (Å²) in [7, 11) is 0. The van der Waals surface area contributed by atoms with E-state index >= 15 is 0 Å². The third-order valence-corrected chi connectivity index (χ3v) is 5.22. The fraction of sp³-hybridized carbons (Fsp3) is 0.462. The van der Waals surface area contributed by atoms with Gasteiger partial charge < -0.3 is 5.32 Å². The van der Waals surface area contributed by atoms with E-state index in [9.17, 15) is 0 Å². The zero-order chi connectivity index (χ0) is 12.6. The molecule has 0 aliphatic carbocycles. The second-order valence-corrected chi connectivity index (χ2v) is 6.82. The number of nitrogens with zero attached hydrogens (tertiary/aromatic N) is 1. The number of thioether (sulfide) groups is 1. The average Bonchev–Trinajstić information content (AvgIpc) is 2.54. The summed E-state index contributed by atoms with van der Waals surface area (Å²) in [5.41, 5.74) is 3.67. The van der Waals surface area contributed by atoms with Gasteiger partial charge in [0.15, 0.2) is 5.17 Å². The van der Waals surface area contributed by atoms with Gasteiger partial charge in [0.05, 0.1) is 5.54 Å². The van der Waals surface area contributed by atoms with Gasteiger partial charge in [-0.25, -0.2) is 0 Å². The third kappa shape index (κ3) is 3.05. The Balaban J connectivity index is 2.21. The number of nitrogens with one attached hydrogen (secondary N) is 1. The van der Waals surface area contributed by atoms with E-state index in [-0.39, 0.29) is 5.54 Å². The molecule has 0 amide bonds. The van der Waals surface area contributed by atoms with Crippen LogP contribution in [0.4, 0.5) is 5.69 Å². The SMILES string of the molecule is Cc1cc(NC2=NC(C)(C)CS2)cc(C)c1Br. The van der Waals surface area contributed by atoms with Gasteiger partial charge in [-0.15, -0.1) is 0 Å². The molecular formula is C13H17BrN2S. The lowest BCUT2D eigenvalue weighted by Gasteiger charge is -2.10. The molecule has 0 radical (unpaired) electrons. The normalized spacial score (nSPS) is 18.1. The number of halogens is 1. The number of aliphatic imine (C=N–C) groups is 1. The largest absolute Gasteiger partial charge is 0.335 e. The Labute approximate surface area is 115 Å². The van der Waals surface area contributed by atoms with E-state index in [1.54, 1.807) is 11.8 Å². The van der Waals surface area contributed by atoms with Crippen molar-refractivity contribution in [3.05, 3.63) is 27.7 Å². The molecule has 0 unspecified atom stereocenters. The van der Waals surface area contributed by atoms with Gasteiger partial charge in [-0.05, 0) is 51.0 Å². The number of hydrogen-bond acceptors (Lipinski definition) is 3. The molecule has 1 heterocycles. The number of amidine groups is 1. The fourth-order valence-electron chi connectivity index (χ4n) is 1.79. The van der Waals surface area contributed by atoms with E-state index in [1.165, 1.54) is 15.6 Å². The lowest BCUT2D eigenvalue weighted by molar-refractivity contribution is 0.605. The molecule has 0 spiro atoms. The van der Waals surface area contributed by atoms with Crippen molar-refractivity contribution in [2.75, 3.05) is 11.1 Å². The van der Waals surface area contributed by atoms with Crippen LogP contribution in [-0.4, -0.2) is 16.5 Å². The molecule has 17 heavy (non-hydrogen) atoms. The van der Waals surface area contributed by atoms with Gasteiger partial charge in [-0.1, -0.05) is 27.7 Å². The van der Waals surface area contributed by atoms with Crippen LogP contribution in [0.5, 0.6) is 0 Å². The topological polar surface area (TPSA) is 24.4 Å². The smallest absolute Gasteiger partial charge is 0.161 e. The van der Waals surface area contributed by atoms with Crippen molar-refractivity contribution < 1.29 is 0 Å². The number of aryl methyl sites for hydroxylation is 2. The summed E-state index contributed by atoms with van der Waals surface area (Å²) in [6.45, 7) is 8.53. The minimum absolute atomic E-state index is 0.0620. The molecule has 0 bridgehead atoms. The van der Waals surface area contributed by atoms with Gasteiger partial charge in [0.1, 0.15) is 0 Å². The van der Waals surface area contributed by atoms with E-state index in [0.29, 0.717) is 0 Å². The molecule has 1 aromatic carbocycles. The van der Waals surface area contributed by atoms with Crippen LogP contribution in [0.25, 0.3) is 0 Å². The van der Waals surface area contributed by atoms with Gasteiger partial charge in [0.25, 0.3) is 0 Å². The van der Waals surface area contributed by atoms with Crippen molar-refractivity contribution in [1.29, 1.82) is 0 Å².